The van der Waals surface area contributed by atoms with Crippen LogP contribution in [0.15, 0.2) is 18.2 Å². The fourth-order valence-corrected chi connectivity index (χ4v) is 4.67. The first-order valence-electron chi connectivity index (χ1n) is 10.9. The first-order chi connectivity index (χ1) is 14.4. The van der Waals surface area contributed by atoms with Gasteiger partial charge in [0.2, 0.25) is 5.91 Å². The number of carbonyl (C=O) groups is 2. The molecular weight excluding hydrogens is 392 g/mol. The van der Waals surface area contributed by atoms with Gasteiger partial charge in [0.1, 0.15) is 5.60 Å². The summed E-state index contributed by atoms with van der Waals surface area (Å²) in [6, 6.07) is 5.97. The largest absolute Gasteiger partial charge is 0.444 e. The molecule has 0 radical (unpaired) electrons. The van der Waals surface area contributed by atoms with E-state index >= 15 is 0 Å². The summed E-state index contributed by atoms with van der Waals surface area (Å²) in [6.07, 6.45) is -0.294. The summed E-state index contributed by atoms with van der Waals surface area (Å²) in [6.45, 7) is 14.6. The van der Waals surface area contributed by atoms with Crippen molar-refractivity contribution in [3.63, 3.8) is 0 Å². The van der Waals surface area contributed by atoms with E-state index in [9.17, 15) is 9.59 Å². The Morgan fingerprint density at radius 2 is 1.68 bits per heavy atom. The molecule has 1 saturated carbocycles. The summed E-state index contributed by atoms with van der Waals surface area (Å²) in [7, 11) is 0. The lowest BCUT2D eigenvalue weighted by atomic mass is 9.95. The normalized spacial score (nSPS) is 22.9. The summed E-state index contributed by atoms with van der Waals surface area (Å²) in [5.41, 5.74) is 2.39. The zero-order chi connectivity index (χ0) is 22.7. The van der Waals surface area contributed by atoms with Crippen LogP contribution in [-0.2, 0) is 15.1 Å². The molecule has 31 heavy (non-hydrogen) atoms. The fraction of sp³-hybridized carbons (Fsp3) is 0.583. The van der Waals surface area contributed by atoms with Gasteiger partial charge in [0.05, 0.1) is 16.7 Å². The van der Waals surface area contributed by atoms with Gasteiger partial charge in [0.25, 0.3) is 0 Å². The summed E-state index contributed by atoms with van der Waals surface area (Å²) < 4.78 is 5.46. The Labute approximate surface area is 183 Å². The van der Waals surface area contributed by atoms with Gasteiger partial charge in [-0.25, -0.2) is 4.79 Å². The van der Waals surface area contributed by atoms with E-state index in [-0.39, 0.29) is 29.8 Å². The molecular formula is C24H32N4O3. The molecule has 7 nitrogen and oxygen atoms in total. The monoisotopic (exact) mass is 424 g/mol. The third kappa shape index (κ3) is 4.23. The maximum absolute atomic E-state index is 13.1. The standard InChI is InChI=1S/C24H32N4O3/c1-13-8-9-15-18(25-13)10-14(2)26-20(15)24(6,7)27-21(29)19-16-11-28(12-17(16)19)22(30)31-23(3,4)5/h8-10,16-17,19H,11-12H2,1-7H3,(H,27,29)/t16-,17+,19+. The number of fused-ring (bicyclic) bond motifs is 2. The van der Waals surface area contributed by atoms with Crippen LogP contribution in [-0.4, -0.2) is 45.6 Å². The number of pyridine rings is 2. The molecule has 2 aromatic rings. The van der Waals surface area contributed by atoms with Crippen molar-refractivity contribution >= 4 is 22.9 Å². The third-order valence-electron chi connectivity index (χ3n) is 6.13. The molecule has 1 aliphatic heterocycles. The van der Waals surface area contributed by atoms with E-state index in [2.05, 4.69) is 10.3 Å². The predicted molar refractivity (Wildman–Crippen MR) is 118 cm³/mol. The molecule has 166 valence electrons. The van der Waals surface area contributed by atoms with Crippen molar-refractivity contribution in [3.05, 3.63) is 35.3 Å². The van der Waals surface area contributed by atoms with Crippen LogP contribution in [0, 0.1) is 31.6 Å². The number of hydrogen-bond donors (Lipinski definition) is 1. The third-order valence-corrected chi connectivity index (χ3v) is 6.13. The van der Waals surface area contributed by atoms with Gasteiger partial charge in [-0.1, -0.05) is 0 Å². The first-order valence-corrected chi connectivity index (χ1v) is 10.9. The topological polar surface area (TPSA) is 84.4 Å². The molecule has 0 unspecified atom stereocenters. The van der Waals surface area contributed by atoms with Gasteiger partial charge in [-0.05, 0) is 78.5 Å². The van der Waals surface area contributed by atoms with Gasteiger partial charge in [-0.2, -0.15) is 0 Å². The molecule has 3 atom stereocenters. The Hall–Kier alpha value is -2.70. The molecule has 7 heteroatoms. The van der Waals surface area contributed by atoms with Crippen LogP contribution in [0.2, 0.25) is 0 Å². The molecule has 0 bridgehead atoms. The lowest BCUT2D eigenvalue weighted by molar-refractivity contribution is -0.125. The van der Waals surface area contributed by atoms with Crippen LogP contribution in [0.4, 0.5) is 4.79 Å². The number of piperidine rings is 1. The highest BCUT2D eigenvalue weighted by Crippen LogP contribution is 2.52. The SMILES string of the molecule is Cc1cc2nc(C)ccc2c(C(C)(C)NC(=O)[C@H]2[C@@H]3CN(C(=O)OC(C)(C)C)C[C@@H]32)n1. The lowest BCUT2D eigenvalue weighted by Crippen LogP contribution is -2.44. The van der Waals surface area contributed by atoms with Crippen molar-refractivity contribution in [2.24, 2.45) is 17.8 Å². The molecule has 4 rings (SSSR count). The van der Waals surface area contributed by atoms with Gasteiger partial charge in [-0.3, -0.25) is 14.8 Å². The number of ether oxygens (including phenoxy) is 1. The lowest BCUT2D eigenvalue weighted by Gasteiger charge is -2.29. The number of nitrogens with one attached hydrogen (secondary N) is 1. The van der Waals surface area contributed by atoms with E-state index in [1.807, 2.05) is 66.7 Å². The number of likely N-dealkylation sites (tertiary alicyclic amines) is 1. The molecule has 1 N–H and O–H groups in total. The summed E-state index contributed by atoms with van der Waals surface area (Å²) >= 11 is 0. The number of aryl methyl sites for hydroxylation is 2. The number of rotatable bonds is 3. The van der Waals surface area contributed by atoms with Crippen LogP contribution in [0.5, 0.6) is 0 Å². The molecule has 2 aromatic heterocycles. The maximum Gasteiger partial charge on any atom is 0.410 e. The van der Waals surface area contributed by atoms with E-state index in [1.54, 1.807) is 4.90 Å². The Kier molecular flexibility index (Phi) is 4.98. The van der Waals surface area contributed by atoms with Crippen LogP contribution in [0.25, 0.3) is 10.9 Å². The molecule has 3 heterocycles. The number of hydrogen-bond acceptors (Lipinski definition) is 5. The second-order valence-electron chi connectivity index (χ2n) is 10.5. The van der Waals surface area contributed by atoms with Crippen molar-refractivity contribution in [2.75, 3.05) is 13.1 Å². The Morgan fingerprint density at radius 3 is 2.29 bits per heavy atom. The summed E-state index contributed by atoms with van der Waals surface area (Å²) in [5, 5.41) is 4.17. The van der Waals surface area contributed by atoms with Crippen molar-refractivity contribution in [1.82, 2.24) is 20.2 Å². The second-order valence-corrected chi connectivity index (χ2v) is 10.5. The van der Waals surface area contributed by atoms with Gasteiger partial charge in [0, 0.05) is 35.8 Å². The van der Waals surface area contributed by atoms with Crippen molar-refractivity contribution in [2.45, 2.75) is 59.6 Å². The van der Waals surface area contributed by atoms with Gasteiger partial charge >= 0.3 is 6.09 Å². The van der Waals surface area contributed by atoms with Gasteiger partial charge < -0.3 is 15.0 Å². The van der Waals surface area contributed by atoms with E-state index in [4.69, 9.17) is 9.72 Å². The van der Waals surface area contributed by atoms with Crippen LogP contribution >= 0.6 is 0 Å². The molecule has 2 aliphatic rings. The number of aromatic nitrogens is 2. The van der Waals surface area contributed by atoms with Crippen LogP contribution < -0.4 is 5.32 Å². The molecule has 0 spiro atoms. The number of carbonyl (C=O) groups excluding carboxylic acids is 2. The average Bonchev–Trinajstić information content (AvgIpc) is 3.13. The molecule has 0 aromatic carbocycles. The first kappa shape index (κ1) is 21.5. The summed E-state index contributed by atoms with van der Waals surface area (Å²) in [4.78, 5) is 36.5. The Bertz CT molecular complexity index is 1040. The molecule has 2 amide bonds. The van der Waals surface area contributed by atoms with Gasteiger partial charge in [-0.15, -0.1) is 0 Å². The highest BCUT2D eigenvalue weighted by molar-refractivity contribution is 5.86. The highest BCUT2D eigenvalue weighted by Gasteiger charge is 2.61. The zero-order valence-electron chi connectivity index (χ0n) is 19.4. The van der Waals surface area contributed by atoms with E-state index in [0.29, 0.717) is 13.1 Å². The van der Waals surface area contributed by atoms with Crippen LogP contribution in [0.1, 0.15) is 51.7 Å². The minimum absolute atomic E-state index is 0.0281. The number of nitrogens with zero attached hydrogens (tertiary/aromatic N) is 3. The molecule has 1 aliphatic carbocycles. The van der Waals surface area contributed by atoms with Crippen molar-refractivity contribution in [3.8, 4) is 0 Å². The summed E-state index contributed by atoms with van der Waals surface area (Å²) in [5.74, 6) is 0.375. The predicted octanol–water partition coefficient (Wildman–Crippen LogP) is 3.71. The van der Waals surface area contributed by atoms with Crippen molar-refractivity contribution in [1.29, 1.82) is 0 Å². The van der Waals surface area contributed by atoms with Crippen molar-refractivity contribution < 1.29 is 14.3 Å². The second kappa shape index (κ2) is 7.18. The Morgan fingerprint density at radius 1 is 1.03 bits per heavy atom. The van der Waals surface area contributed by atoms with Crippen LogP contribution in [0.3, 0.4) is 0 Å². The average molecular weight is 425 g/mol. The number of amides is 2. The minimum Gasteiger partial charge on any atom is -0.444 e. The molecule has 1 saturated heterocycles. The minimum atomic E-state index is -0.639. The maximum atomic E-state index is 13.1. The Balaban J connectivity index is 1.45. The zero-order valence-corrected chi connectivity index (χ0v) is 19.4. The fourth-order valence-electron chi connectivity index (χ4n) is 4.67. The van der Waals surface area contributed by atoms with E-state index in [1.165, 1.54) is 0 Å². The van der Waals surface area contributed by atoms with E-state index < -0.39 is 11.1 Å². The van der Waals surface area contributed by atoms with E-state index in [0.717, 1.165) is 28.0 Å². The quantitative estimate of drug-likeness (QED) is 0.812. The highest BCUT2D eigenvalue weighted by atomic mass is 16.6. The van der Waals surface area contributed by atoms with Gasteiger partial charge in [0.15, 0.2) is 0 Å². The smallest absolute Gasteiger partial charge is 0.410 e. The molecule has 2 fully saturated rings.